The van der Waals surface area contributed by atoms with E-state index in [2.05, 4.69) is 19.3 Å². The molecule has 0 aromatic heterocycles. The predicted molar refractivity (Wildman–Crippen MR) is 74.8 cm³/mol. The molecule has 0 aliphatic rings. The fourth-order valence-corrected chi connectivity index (χ4v) is 2.12. The normalized spacial score (nSPS) is 14.8. The van der Waals surface area contributed by atoms with Crippen LogP contribution in [0.15, 0.2) is 0 Å². The van der Waals surface area contributed by atoms with Crippen LogP contribution in [0, 0.1) is 0 Å². The fraction of sp³-hybridized carbons (Fsp3) is 1.00. The molecule has 0 saturated heterocycles. The largest absolute Gasteiger partial charge is 0.380 e. The first-order chi connectivity index (χ1) is 8.26. The van der Waals surface area contributed by atoms with E-state index in [9.17, 15) is 0 Å². The van der Waals surface area contributed by atoms with Gasteiger partial charge in [-0.25, -0.2) is 0 Å². The van der Waals surface area contributed by atoms with Crippen molar-refractivity contribution in [1.82, 2.24) is 5.43 Å². The second kappa shape index (κ2) is 12.3. The molecule has 0 amide bonds. The molecule has 3 N–H and O–H groups in total. The van der Waals surface area contributed by atoms with Crippen molar-refractivity contribution in [2.75, 3.05) is 7.11 Å². The SMILES string of the molecule is CCCCCCCCCCC(NN)C(C)OC. The summed E-state index contributed by atoms with van der Waals surface area (Å²) in [4.78, 5) is 0. The molecule has 0 radical (unpaired) electrons. The zero-order valence-corrected chi connectivity index (χ0v) is 12.0. The van der Waals surface area contributed by atoms with Crippen LogP contribution < -0.4 is 11.3 Å². The fourth-order valence-electron chi connectivity index (χ4n) is 2.12. The van der Waals surface area contributed by atoms with Crippen molar-refractivity contribution >= 4 is 0 Å². The van der Waals surface area contributed by atoms with Gasteiger partial charge in [0.2, 0.25) is 0 Å². The highest BCUT2D eigenvalue weighted by Gasteiger charge is 2.13. The molecule has 0 aliphatic carbocycles. The van der Waals surface area contributed by atoms with Crippen LogP contribution in [0.1, 0.15) is 71.6 Å². The van der Waals surface area contributed by atoms with E-state index in [1.54, 1.807) is 7.11 Å². The smallest absolute Gasteiger partial charge is 0.0709 e. The van der Waals surface area contributed by atoms with E-state index in [0.29, 0.717) is 6.04 Å². The van der Waals surface area contributed by atoms with Crippen molar-refractivity contribution in [3.05, 3.63) is 0 Å². The molecule has 0 aromatic carbocycles. The number of nitrogens with two attached hydrogens (primary N) is 1. The highest BCUT2D eigenvalue weighted by Crippen LogP contribution is 2.12. The lowest BCUT2D eigenvalue weighted by molar-refractivity contribution is 0.0791. The molecule has 2 atom stereocenters. The van der Waals surface area contributed by atoms with Crippen molar-refractivity contribution in [2.45, 2.75) is 83.8 Å². The third-order valence-electron chi connectivity index (χ3n) is 3.52. The van der Waals surface area contributed by atoms with E-state index in [1.165, 1.54) is 51.4 Å². The molecule has 0 spiro atoms. The Morgan fingerprint density at radius 3 is 2.00 bits per heavy atom. The third-order valence-corrected chi connectivity index (χ3v) is 3.52. The first-order valence-corrected chi connectivity index (χ1v) is 7.25. The lowest BCUT2D eigenvalue weighted by Crippen LogP contribution is -2.43. The van der Waals surface area contributed by atoms with Crippen LogP contribution in [0.5, 0.6) is 0 Å². The summed E-state index contributed by atoms with van der Waals surface area (Å²) >= 11 is 0. The minimum Gasteiger partial charge on any atom is -0.380 e. The van der Waals surface area contributed by atoms with Gasteiger partial charge in [0.05, 0.1) is 6.10 Å². The summed E-state index contributed by atoms with van der Waals surface area (Å²) in [6, 6.07) is 0.292. The van der Waals surface area contributed by atoms with Crippen molar-refractivity contribution in [2.24, 2.45) is 5.84 Å². The van der Waals surface area contributed by atoms with E-state index in [1.807, 2.05) is 0 Å². The lowest BCUT2D eigenvalue weighted by Gasteiger charge is -2.21. The quantitative estimate of drug-likeness (QED) is 0.314. The van der Waals surface area contributed by atoms with Gasteiger partial charge in [0.15, 0.2) is 0 Å². The molecule has 104 valence electrons. The van der Waals surface area contributed by atoms with Gasteiger partial charge in [-0.1, -0.05) is 58.3 Å². The summed E-state index contributed by atoms with van der Waals surface area (Å²) in [5.74, 6) is 5.52. The number of rotatable bonds is 12. The van der Waals surface area contributed by atoms with Crippen molar-refractivity contribution in [3.8, 4) is 0 Å². The lowest BCUT2D eigenvalue weighted by atomic mass is 10.0. The van der Waals surface area contributed by atoms with Crippen LogP contribution in [0.2, 0.25) is 0 Å². The molecule has 2 unspecified atom stereocenters. The maximum Gasteiger partial charge on any atom is 0.0709 e. The highest BCUT2D eigenvalue weighted by atomic mass is 16.5. The first-order valence-electron chi connectivity index (χ1n) is 7.25. The van der Waals surface area contributed by atoms with E-state index < -0.39 is 0 Å². The average molecular weight is 244 g/mol. The Morgan fingerprint density at radius 1 is 1.00 bits per heavy atom. The number of unbranched alkanes of at least 4 members (excludes halogenated alkanes) is 7. The van der Waals surface area contributed by atoms with Gasteiger partial charge in [0.25, 0.3) is 0 Å². The molecule has 17 heavy (non-hydrogen) atoms. The summed E-state index contributed by atoms with van der Waals surface area (Å²) in [5.41, 5.74) is 2.85. The molecular weight excluding hydrogens is 212 g/mol. The van der Waals surface area contributed by atoms with Crippen molar-refractivity contribution < 1.29 is 4.74 Å². The molecular formula is C14H32N2O. The average Bonchev–Trinajstić information content (AvgIpc) is 2.36. The predicted octanol–water partition coefficient (Wildman–Crippen LogP) is 3.38. The number of ether oxygens (including phenoxy) is 1. The van der Waals surface area contributed by atoms with Crippen LogP contribution in [-0.4, -0.2) is 19.3 Å². The summed E-state index contributed by atoms with van der Waals surface area (Å²) in [5, 5.41) is 0. The molecule has 3 heteroatoms. The van der Waals surface area contributed by atoms with Crippen LogP contribution in [0.4, 0.5) is 0 Å². The summed E-state index contributed by atoms with van der Waals surface area (Å²) in [7, 11) is 1.74. The molecule has 0 aromatic rings. The molecule has 0 heterocycles. The minimum absolute atomic E-state index is 0.199. The van der Waals surface area contributed by atoms with Gasteiger partial charge in [-0.3, -0.25) is 11.3 Å². The van der Waals surface area contributed by atoms with Gasteiger partial charge >= 0.3 is 0 Å². The third kappa shape index (κ3) is 9.57. The second-order valence-electron chi connectivity index (χ2n) is 4.98. The molecule has 0 fully saturated rings. The van der Waals surface area contributed by atoms with E-state index in [-0.39, 0.29) is 6.10 Å². The summed E-state index contributed by atoms with van der Waals surface area (Å²) < 4.78 is 5.28. The van der Waals surface area contributed by atoms with Gasteiger partial charge in [-0.15, -0.1) is 0 Å². The van der Waals surface area contributed by atoms with Gasteiger partial charge in [-0.2, -0.15) is 0 Å². The number of hydrogen-bond acceptors (Lipinski definition) is 3. The van der Waals surface area contributed by atoms with Gasteiger partial charge in [0.1, 0.15) is 0 Å². The zero-order valence-electron chi connectivity index (χ0n) is 12.0. The first kappa shape index (κ1) is 16.9. The Morgan fingerprint density at radius 2 is 1.53 bits per heavy atom. The van der Waals surface area contributed by atoms with Crippen molar-refractivity contribution in [1.29, 1.82) is 0 Å². The van der Waals surface area contributed by atoms with Crippen LogP contribution in [0.3, 0.4) is 0 Å². The number of hydrogen-bond donors (Lipinski definition) is 2. The monoisotopic (exact) mass is 244 g/mol. The number of nitrogens with one attached hydrogen (secondary N) is 1. The summed E-state index contributed by atoms with van der Waals surface area (Å²) in [6.07, 6.45) is 12.2. The minimum atomic E-state index is 0.199. The highest BCUT2D eigenvalue weighted by molar-refractivity contribution is 4.70. The van der Waals surface area contributed by atoms with Crippen LogP contribution in [0.25, 0.3) is 0 Å². The summed E-state index contributed by atoms with van der Waals surface area (Å²) in [6.45, 7) is 4.33. The van der Waals surface area contributed by atoms with Gasteiger partial charge in [0, 0.05) is 13.2 Å². The van der Waals surface area contributed by atoms with Gasteiger partial charge in [-0.05, 0) is 13.3 Å². The second-order valence-corrected chi connectivity index (χ2v) is 4.98. The van der Waals surface area contributed by atoms with E-state index >= 15 is 0 Å². The van der Waals surface area contributed by atoms with Gasteiger partial charge < -0.3 is 4.74 Å². The molecule has 0 rings (SSSR count). The Kier molecular flexibility index (Phi) is 12.3. The number of hydrazine groups is 1. The van der Waals surface area contributed by atoms with E-state index in [4.69, 9.17) is 10.6 Å². The molecule has 0 bridgehead atoms. The zero-order chi connectivity index (χ0) is 12.9. The van der Waals surface area contributed by atoms with Crippen molar-refractivity contribution in [3.63, 3.8) is 0 Å². The Hall–Kier alpha value is -0.120. The topological polar surface area (TPSA) is 47.3 Å². The molecule has 3 nitrogen and oxygen atoms in total. The maximum absolute atomic E-state index is 5.52. The maximum atomic E-state index is 5.52. The standard InChI is InChI=1S/C14H32N2O/c1-4-5-6-7-8-9-10-11-12-14(16-15)13(2)17-3/h13-14,16H,4-12,15H2,1-3H3. The Bertz CT molecular complexity index is 153. The van der Waals surface area contributed by atoms with Crippen LogP contribution in [-0.2, 0) is 4.74 Å². The number of methoxy groups -OCH3 is 1. The Balaban J connectivity index is 3.31. The Labute approximate surface area is 107 Å². The molecule has 0 aliphatic heterocycles. The van der Waals surface area contributed by atoms with Crippen LogP contribution >= 0.6 is 0 Å². The molecule has 0 saturated carbocycles. The van der Waals surface area contributed by atoms with E-state index in [0.717, 1.165) is 6.42 Å².